The van der Waals surface area contributed by atoms with Gasteiger partial charge in [-0.05, 0) is 86.7 Å². The molecule has 0 spiro atoms. The molecule has 6 heteroatoms. The first-order valence-corrected chi connectivity index (χ1v) is 13.4. The zero-order valence-electron chi connectivity index (χ0n) is 22.2. The van der Waals surface area contributed by atoms with Crippen LogP contribution in [0.25, 0.3) is 5.76 Å². The lowest BCUT2D eigenvalue weighted by Crippen LogP contribution is -2.29. The highest BCUT2D eigenvalue weighted by atomic mass is 16.5. The Bertz CT molecular complexity index is 1390. The molecule has 2 saturated heterocycles. The minimum atomic E-state index is -0.746. The van der Waals surface area contributed by atoms with E-state index in [1.807, 2.05) is 69.3 Å². The number of Topliss-reactive ketones (excluding diaryl/α,β-unsaturated/α-hetero) is 1. The fraction of sp³-hybridized carbons (Fsp3) is 0.312. The Kier molecular flexibility index (Phi) is 7.23. The Balaban J connectivity index is 1.59. The van der Waals surface area contributed by atoms with Crippen LogP contribution in [0.2, 0.25) is 0 Å². The third-order valence-electron chi connectivity index (χ3n) is 7.31. The molecule has 196 valence electrons. The van der Waals surface area contributed by atoms with E-state index in [1.165, 1.54) is 17.7 Å². The standard InChI is InChI=1S/C32H34N2O4/c1-4-18-38-27-15-10-24(20-22(27)3)30(35)28-29(23-9-7-8-21(2)19-23)34(32(37)31(28)36)26-13-11-25(12-14-26)33-16-5-6-17-33/h7-15,19-20,29,35H,4-6,16-18H2,1-3H3/b30-28-. The molecular weight excluding hydrogens is 476 g/mol. The Labute approximate surface area is 224 Å². The fourth-order valence-electron chi connectivity index (χ4n) is 5.38. The molecule has 0 saturated carbocycles. The zero-order valence-corrected chi connectivity index (χ0v) is 22.2. The summed E-state index contributed by atoms with van der Waals surface area (Å²) in [5, 5.41) is 11.5. The predicted molar refractivity (Wildman–Crippen MR) is 151 cm³/mol. The number of aryl methyl sites for hydroxylation is 2. The number of hydrogen-bond acceptors (Lipinski definition) is 5. The van der Waals surface area contributed by atoms with Crippen LogP contribution in [0.5, 0.6) is 5.75 Å². The first-order chi connectivity index (χ1) is 18.4. The van der Waals surface area contributed by atoms with Gasteiger partial charge in [-0.3, -0.25) is 14.5 Å². The maximum atomic E-state index is 13.5. The molecule has 5 rings (SSSR count). The summed E-state index contributed by atoms with van der Waals surface area (Å²) < 4.78 is 5.78. The minimum absolute atomic E-state index is 0.0887. The molecule has 2 heterocycles. The third kappa shape index (κ3) is 4.78. The summed E-state index contributed by atoms with van der Waals surface area (Å²) in [6.07, 6.45) is 3.24. The average molecular weight is 511 g/mol. The number of aliphatic hydroxyl groups is 1. The highest BCUT2D eigenvalue weighted by molar-refractivity contribution is 6.51. The smallest absolute Gasteiger partial charge is 0.300 e. The van der Waals surface area contributed by atoms with Crippen molar-refractivity contribution in [2.75, 3.05) is 29.5 Å². The Morgan fingerprint density at radius 1 is 0.947 bits per heavy atom. The molecule has 2 aliphatic rings. The van der Waals surface area contributed by atoms with Crippen molar-refractivity contribution in [3.05, 3.63) is 94.6 Å². The molecule has 0 aromatic heterocycles. The number of anilines is 2. The Morgan fingerprint density at radius 2 is 1.66 bits per heavy atom. The van der Waals surface area contributed by atoms with E-state index in [2.05, 4.69) is 4.90 Å². The molecule has 6 nitrogen and oxygen atoms in total. The van der Waals surface area contributed by atoms with Crippen molar-refractivity contribution in [2.45, 2.75) is 46.1 Å². The van der Waals surface area contributed by atoms with Gasteiger partial charge in [0.15, 0.2) is 0 Å². The molecule has 3 aromatic rings. The van der Waals surface area contributed by atoms with E-state index < -0.39 is 17.7 Å². The normalized spacial score (nSPS) is 18.9. The van der Waals surface area contributed by atoms with Crippen molar-refractivity contribution < 1.29 is 19.4 Å². The summed E-state index contributed by atoms with van der Waals surface area (Å²) in [6.45, 7) is 8.56. The maximum absolute atomic E-state index is 13.5. The van der Waals surface area contributed by atoms with Gasteiger partial charge in [-0.15, -0.1) is 0 Å². The van der Waals surface area contributed by atoms with Gasteiger partial charge in [0.05, 0.1) is 18.2 Å². The van der Waals surface area contributed by atoms with Gasteiger partial charge in [0.1, 0.15) is 11.5 Å². The first-order valence-electron chi connectivity index (χ1n) is 13.4. The molecule has 0 bridgehead atoms. The van der Waals surface area contributed by atoms with Crippen LogP contribution in [-0.4, -0.2) is 36.5 Å². The van der Waals surface area contributed by atoms with E-state index in [0.29, 0.717) is 17.9 Å². The van der Waals surface area contributed by atoms with Gasteiger partial charge in [0.25, 0.3) is 11.7 Å². The lowest BCUT2D eigenvalue weighted by atomic mass is 9.94. The van der Waals surface area contributed by atoms with Gasteiger partial charge in [-0.1, -0.05) is 36.8 Å². The van der Waals surface area contributed by atoms with Crippen LogP contribution < -0.4 is 14.5 Å². The Morgan fingerprint density at radius 3 is 2.32 bits per heavy atom. The van der Waals surface area contributed by atoms with E-state index in [4.69, 9.17) is 4.74 Å². The van der Waals surface area contributed by atoms with Gasteiger partial charge in [0, 0.05) is 30.0 Å². The van der Waals surface area contributed by atoms with Crippen molar-refractivity contribution in [2.24, 2.45) is 0 Å². The van der Waals surface area contributed by atoms with E-state index >= 15 is 0 Å². The number of rotatable bonds is 7. The SMILES string of the molecule is CCCOc1ccc(/C(O)=C2/C(=O)C(=O)N(c3ccc(N4CCCC4)cc3)C2c2cccc(C)c2)cc1C. The van der Waals surface area contributed by atoms with Crippen LogP contribution >= 0.6 is 0 Å². The van der Waals surface area contributed by atoms with Crippen LogP contribution in [0, 0.1) is 13.8 Å². The molecule has 1 N–H and O–H groups in total. The summed E-state index contributed by atoms with van der Waals surface area (Å²) in [5.41, 5.74) is 4.93. The molecule has 2 aliphatic heterocycles. The van der Waals surface area contributed by atoms with Crippen molar-refractivity contribution in [3.63, 3.8) is 0 Å². The van der Waals surface area contributed by atoms with E-state index in [1.54, 1.807) is 18.2 Å². The van der Waals surface area contributed by atoms with E-state index in [9.17, 15) is 14.7 Å². The number of carbonyl (C=O) groups is 2. The van der Waals surface area contributed by atoms with Crippen molar-refractivity contribution in [1.29, 1.82) is 0 Å². The van der Waals surface area contributed by atoms with Gasteiger partial charge < -0.3 is 14.7 Å². The summed E-state index contributed by atoms with van der Waals surface area (Å²) in [6, 6.07) is 20.1. The van der Waals surface area contributed by atoms with Crippen LogP contribution in [0.4, 0.5) is 11.4 Å². The quantitative estimate of drug-likeness (QED) is 0.229. The summed E-state index contributed by atoms with van der Waals surface area (Å²) in [5.74, 6) is -0.790. The first kappa shape index (κ1) is 25.6. The minimum Gasteiger partial charge on any atom is -0.507 e. The van der Waals surface area contributed by atoms with E-state index in [-0.39, 0.29) is 11.3 Å². The van der Waals surface area contributed by atoms with Crippen molar-refractivity contribution in [1.82, 2.24) is 0 Å². The van der Waals surface area contributed by atoms with Gasteiger partial charge in [-0.25, -0.2) is 0 Å². The lowest BCUT2D eigenvalue weighted by molar-refractivity contribution is -0.132. The second-order valence-electron chi connectivity index (χ2n) is 10.1. The number of ketones is 1. The number of ether oxygens (including phenoxy) is 1. The number of nitrogens with zero attached hydrogens (tertiary/aromatic N) is 2. The van der Waals surface area contributed by atoms with Gasteiger partial charge in [0.2, 0.25) is 0 Å². The number of hydrogen-bond donors (Lipinski definition) is 1. The molecule has 1 amide bonds. The van der Waals surface area contributed by atoms with Crippen LogP contribution in [0.1, 0.15) is 54.5 Å². The maximum Gasteiger partial charge on any atom is 0.300 e. The van der Waals surface area contributed by atoms with Crippen LogP contribution in [-0.2, 0) is 9.59 Å². The number of aliphatic hydroxyl groups excluding tert-OH is 1. The van der Waals surface area contributed by atoms with Gasteiger partial charge >= 0.3 is 0 Å². The highest BCUT2D eigenvalue weighted by Gasteiger charge is 2.47. The van der Waals surface area contributed by atoms with Crippen molar-refractivity contribution in [3.8, 4) is 5.75 Å². The van der Waals surface area contributed by atoms with Gasteiger partial charge in [-0.2, -0.15) is 0 Å². The second kappa shape index (κ2) is 10.7. The molecule has 1 unspecified atom stereocenters. The number of amides is 1. The Hall–Kier alpha value is -4.06. The second-order valence-corrected chi connectivity index (χ2v) is 10.1. The topological polar surface area (TPSA) is 70.1 Å². The monoisotopic (exact) mass is 510 g/mol. The molecule has 1 atom stereocenters. The molecule has 0 aliphatic carbocycles. The summed E-state index contributed by atoms with van der Waals surface area (Å²) >= 11 is 0. The number of benzene rings is 3. The lowest BCUT2D eigenvalue weighted by Gasteiger charge is -2.26. The number of carbonyl (C=O) groups excluding carboxylic acids is 2. The molecular formula is C32H34N2O4. The molecule has 2 fully saturated rings. The van der Waals surface area contributed by atoms with E-state index in [0.717, 1.165) is 47.6 Å². The predicted octanol–water partition coefficient (Wildman–Crippen LogP) is 6.32. The van der Waals surface area contributed by atoms with Crippen molar-refractivity contribution >= 4 is 28.8 Å². The molecule has 38 heavy (non-hydrogen) atoms. The largest absolute Gasteiger partial charge is 0.507 e. The fourth-order valence-corrected chi connectivity index (χ4v) is 5.38. The van der Waals surface area contributed by atoms with Crippen LogP contribution in [0.15, 0.2) is 72.3 Å². The average Bonchev–Trinajstić information content (AvgIpc) is 3.55. The summed E-state index contributed by atoms with van der Waals surface area (Å²) in [4.78, 5) is 30.8. The van der Waals surface area contributed by atoms with Crippen LogP contribution in [0.3, 0.4) is 0 Å². The molecule has 0 radical (unpaired) electrons. The molecule has 3 aromatic carbocycles. The summed E-state index contributed by atoms with van der Waals surface area (Å²) in [7, 11) is 0. The highest BCUT2D eigenvalue weighted by Crippen LogP contribution is 2.43. The zero-order chi connectivity index (χ0) is 26.8. The third-order valence-corrected chi connectivity index (χ3v) is 7.31.